The van der Waals surface area contributed by atoms with E-state index in [2.05, 4.69) is 5.32 Å². The van der Waals surface area contributed by atoms with Gasteiger partial charge in [0.05, 0.1) is 5.54 Å². The van der Waals surface area contributed by atoms with Gasteiger partial charge < -0.3 is 16.2 Å². The van der Waals surface area contributed by atoms with Gasteiger partial charge in [0.2, 0.25) is 5.91 Å². The van der Waals surface area contributed by atoms with Gasteiger partial charge in [0, 0.05) is 16.1 Å². The summed E-state index contributed by atoms with van der Waals surface area (Å²) in [5, 5.41) is 13.9. The molecule has 1 amide bonds. The third-order valence-electron chi connectivity index (χ3n) is 2.81. The fourth-order valence-corrected chi connectivity index (χ4v) is 2.74. The molecule has 1 unspecified atom stereocenters. The summed E-state index contributed by atoms with van der Waals surface area (Å²) in [4.78, 5) is 12.5. The molecule has 0 radical (unpaired) electrons. The lowest BCUT2D eigenvalue weighted by atomic mass is 10.1. The Kier molecular flexibility index (Phi) is 5.53. The molecule has 20 heavy (non-hydrogen) atoms. The standard InChI is InChI=1S/C14H18N2O2S.ClH/c1-14(2,15)13(18)16-8-10(17)12-7-9-5-3-4-6-11(9)19-12;/h3-7,10,17H,8,15H2,1-2H3,(H,16,18);1H. The van der Waals surface area contributed by atoms with Crippen LogP contribution in [0.3, 0.4) is 0 Å². The smallest absolute Gasteiger partial charge is 0.239 e. The number of halogens is 1. The van der Waals surface area contributed by atoms with Gasteiger partial charge in [0.15, 0.2) is 0 Å². The fourth-order valence-electron chi connectivity index (χ4n) is 1.68. The number of aliphatic hydroxyl groups is 1. The molecule has 4 nitrogen and oxygen atoms in total. The molecule has 0 aliphatic carbocycles. The zero-order valence-electron chi connectivity index (χ0n) is 11.4. The van der Waals surface area contributed by atoms with Crippen LogP contribution in [0, 0.1) is 0 Å². The first kappa shape index (κ1) is 16.9. The van der Waals surface area contributed by atoms with E-state index in [0.29, 0.717) is 0 Å². The van der Waals surface area contributed by atoms with Crippen molar-refractivity contribution in [3.05, 3.63) is 35.2 Å². The molecule has 1 aromatic carbocycles. The van der Waals surface area contributed by atoms with Crippen molar-refractivity contribution in [1.29, 1.82) is 0 Å². The summed E-state index contributed by atoms with van der Waals surface area (Å²) in [6.45, 7) is 3.44. The summed E-state index contributed by atoms with van der Waals surface area (Å²) in [5.41, 5.74) is 4.74. The summed E-state index contributed by atoms with van der Waals surface area (Å²) >= 11 is 1.53. The molecule has 2 rings (SSSR count). The number of nitrogens with one attached hydrogen (secondary N) is 1. The number of carbonyl (C=O) groups excluding carboxylic acids is 1. The second-order valence-corrected chi connectivity index (χ2v) is 6.25. The van der Waals surface area contributed by atoms with Crippen LogP contribution in [0.15, 0.2) is 30.3 Å². The van der Waals surface area contributed by atoms with Crippen molar-refractivity contribution in [1.82, 2.24) is 5.32 Å². The van der Waals surface area contributed by atoms with Gasteiger partial charge in [0.1, 0.15) is 6.10 Å². The fraction of sp³-hybridized carbons (Fsp3) is 0.357. The Morgan fingerprint density at radius 3 is 2.70 bits per heavy atom. The zero-order valence-corrected chi connectivity index (χ0v) is 13.1. The van der Waals surface area contributed by atoms with Crippen LogP contribution in [0.25, 0.3) is 10.1 Å². The van der Waals surface area contributed by atoms with Crippen LogP contribution < -0.4 is 11.1 Å². The van der Waals surface area contributed by atoms with Crippen molar-refractivity contribution < 1.29 is 9.90 Å². The van der Waals surface area contributed by atoms with E-state index in [1.54, 1.807) is 13.8 Å². The molecule has 4 N–H and O–H groups in total. The average Bonchev–Trinajstić information content (AvgIpc) is 2.78. The minimum atomic E-state index is -0.931. The van der Waals surface area contributed by atoms with Gasteiger partial charge in [-0.25, -0.2) is 0 Å². The molecule has 0 fully saturated rings. The second kappa shape index (κ2) is 6.54. The van der Waals surface area contributed by atoms with Crippen molar-refractivity contribution in [3.8, 4) is 0 Å². The number of hydrogen-bond acceptors (Lipinski definition) is 4. The maximum Gasteiger partial charge on any atom is 0.239 e. The molecule has 2 aromatic rings. The van der Waals surface area contributed by atoms with Gasteiger partial charge >= 0.3 is 0 Å². The highest BCUT2D eigenvalue weighted by Crippen LogP contribution is 2.29. The zero-order chi connectivity index (χ0) is 14.0. The molecular weight excluding hydrogens is 296 g/mol. The Morgan fingerprint density at radius 1 is 1.45 bits per heavy atom. The number of carbonyl (C=O) groups is 1. The van der Waals surface area contributed by atoms with Gasteiger partial charge in [-0.3, -0.25) is 4.79 Å². The van der Waals surface area contributed by atoms with E-state index < -0.39 is 11.6 Å². The molecule has 1 atom stereocenters. The van der Waals surface area contributed by atoms with E-state index in [-0.39, 0.29) is 24.9 Å². The topological polar surface area (TPSA) is 75.4 Å². The molecular formula is C14H19ClN2O2S. The third-order valence-corrected chi connectivity index (χ3v) is 4.03. The number of thiophene rings is 1. The molecule has 110 valence electrons. The summed E-state index contributed by atoms with van der Waals surface area (Å²) in [6.07, 6.45) is -0.705. The summed E-state index contributed by atoms with van der Waals surface area (Å²) in [7, 11) is 0. The number of aliphatic hydroxyl groups excluding tert-OH is 1. The van der Waals surface area contributed by atoms with Gasteiger partial charge in [-0.2, -0.15) is 0 Å². The minimum Gasteiger partial charge on any atom is -0.386 e. The Balaban J connectivity index is 0.00000200. The monoisotopic (exact) mass is 314 g/mol. The van der Waals surface area contributed by atoms with Crippen molar-refractivity contribution >= 4 is 39.7 Å². The summed E-state index contributed by atoms with van der Waals surface area (Å²) in [5.74, 6) is -0.271. The summed E-state index contributed by atoms with van der Waals surface area (Å²) in [6, 6.07) is 9.89. The lowest BCUT2D eigenvalue weighted by Gasteiger charge is -2.19. The molecule has 0 aliphatic rings. The lowest BCUT2D eigenvalue weighted by molar-refractivity contribution is -0.125. The van der Waals surface area contributed by atoms with Crippen LogP contribution in [0.4, 0.5) is 0 Å². The quantitative estimate of drug-likeness (QED) is 0.810. The SMILES string of the molecule is CC(C)(N)C(=O)NCC(O)c1cc2ccccc2s1.Cl. The van der Waals surface area contributed by atoms with Crippen LogP contribution >= 0.6 is 23.7 Å². The van der Waals surface area contributed by atoms with E-state index in [4.69, 9.17) is 5.73 Å². The third kappa shape index (κ3) is 3.93. The highest BCUT2D eigenvalue weighted by Gasteiger charge is 2.22. The van der Waals surface area contributed by atoms with Gasteiger partial charge in [-0.1, -0.05) is 18.2 Å². The predicted octanol–water partition coefficient (Wildman–Crippen LogP) is 2.21. The van der Waals surface area contributed by atoms with Crippen molar-refractivity contribution in [2.24, 2.45) is 5.73 Å². The lowest BCUT2D eigenvalue weighted by Crippen LogP contribution is -2.49. The maximum atomic E-state index is 11.6. The van der Waals surface area contributed by atoms with E-state index in [9.17, 15) is 9.90 Å². The second-order valence-electron chi connectivity index (χ2n) is 5.13. The van der Waals surface area contributed by atoms with Crippen LogP contribution in [-0.2, 0) is 4.79 Å². The molecule has 1 heterocycles. The molecule has 6 heteroatoms. The number of fused-ring (bicyclic) bond motifs is 1. The number of rotatable bonds is 4. The van der Waals surface area contributed by atoms with Crippen molar-refractivity contribution in [3.63, 3.8) is 0 Å². The molecule has 0 aliphatic heterocycles. The first-order valence-electron chi connectivity index (χ1n) is 6.11. The number of hydrogen-bond donors (Lipinski definition) is 3. The number of benzene rings is 1. The molecule has 0 saturated heterocycles. The largest absolute Gasteiger partial charge is 0.386 e. The number of amides is 1. The Morgan fingerprint density at radius 2 is 2.10 bits per heavy atom. The highest BCUT2D eigenvalue weighted by atomic mass is 35.5. The van der Waals surface area contributed by atoms with Gasteiger partial charge in [0.25, 0.3) is 0 Å². The molecule has 0 saturated carbocycles. The molecule has 0 spiro atoms. The number of nitrogens with two attached hydrogens (primary N) is 1. The van der Waals surface area contributed by atoms with Crippen LogP contribution in [0.1, 0.15) is 24.8 Å². The first-order valence-corrected chi connectivity index (χ1v) is 6.93. The first-order chi connectivity index (χ1) is 8.88. The van der Waals surface area contributed by atoms with E-state index in [0.717, 1.165) is 15.0 Å². The van der Waals surface area contributed by atoms with Crippen LogP contribution in [-0.4, -0.2) is 23.1 Å². The van der Waals surface area contributed by atoms with Gasteiger partial charge in [-0.15, -0.1) is 23.7 Å². The van der Waals surface area contributed by atoms with E-state index in [1.807, 2.05) is 30.3 Å². The summed E-state index contributed by atoms with van der Waals surface area (Å²) < 4.78 is 1.13. The maximum absolute atomic E-state index is 11.6. The van der Waals surface area contributed by atoms with E-state index in [1.165, 1.54) is 11.3 Å². The molecule has 0 bridgehead atoms. The average molecular weight is 315 g/mol. The molecule has 1 aromatic heterocycles. The predicted molar refractivity (Wildman–Crippen MR) is 85.3 cm³/mol. The minimum absolute atomic E-state index is 0. The van der Waals surface area contributed by atoms with Gasteiger partial charge in [-0.05, 0) is 31.4 Å². The normalized spacial score (nSPS) is 12.8. The van der Waals surface area contributed by atoms with Crippen LogP contribution in [0.2, 0.25) is 0 Å². The van der Waals surface area contributed by atoms with Crippen molar-refractivity contribution in [2.45, 2.75) is 25.5 Å². The van der Waals surface area contributed by atoms with E-state index >= 15 is 0 Å². The Hall–Kier alpha value is -1.14. The highest BCUT2D eigenvalue weighted by molar-refractivity contribution is 7.19. The van der Waals surface area contributed by atoms with Crippen LogP contribution in [0.5, 0.6) is 0 Å². The van der Waals surface area contributed by atoms with Crippen molar-refractivity contribution in [2.75, 3.05) is 6.54 Å². The Labute approximate surface area is 128 Å². The Bertz CT molecular complexity index is 559.